The molecule has 7 heteroatoms. The van der Waals surface area contributed by atoms with Crippen LogP contribution in [-0.2, 0) is 4.79 Å². The molecular formula is C20H18N4O3. The Labute approximate surface area is 157 Å². The van der Waals surface area contributed by atoms with Gasteiger partial charge >= 0.3 is 0 Å². The molecule has 3 rings (SSSR count). The number of benzene rings is 2. The van der Waals surface area contributed by atoms with E-state index >= 15 is 0 Å². The summed E-state index contributed by atoms with van der Waals surface area (Å²) in [4.78, 5) is 14.2. The van der Waals surface area contributed by atoms with Crippen LogP contribution in [-0.4, -0.2) is 38.1 Å². The fourth-order valence-corrected chi connectivity index (χ4v) is 2.82. The highest BCUT2D eigenvalue weighted by Gasteiger charge is 2.32. The largest absolute Gasteiger partial charge is 0.493 e. The van der Waals surface area contributed by atoms with E-state index in [1.165, 1.54) is 13.3 Å². The minimum absolute atomic E-state index is 0.0626. The van der Waals surface area contributed by atoms with Crippen LogP contribution in [0.1, 0.15) is 18.1 Å². The number of hydrogen-bond donors (Lipinski definition) is 0. The number of rotatable bonds is 6. The number of anilines is 1. The van der Waals surface area contributed by atoms with Gasteiger partial charge in [-0.05, 0) is 36.8 Å². The van der Waals surface area contributed by atoms with Gasteiger partial charge in [0, 0.05) is 12.1 Å². The maximum Gasteiger partial charge on any atom is 0.279 e. The molecule has 2 aromatic rings. The molecule has 1 aliphatic heterocycles. The van der Waals surface area contributed by atoms with E-state index in [9.17, 15) is 4.79 Å². The number of hydrogen-bond acceptors (Lipinski definition) is 6. The molecule has 0 aromatic heterocycles. The van der Waals surface area contributed by atoms with Gasteiger partial charge in [0.1, 0.15) is 6.07 Å². The van der Waals surface area contributed by atoms with Gasteiger partial charge in [-0.25, -0.2) is 0 Å². The van der Waals surface area contributed by atoms with Crippen LogP contribution in [0.15, 0.2) is 52.7 Å². The van der Waals surface area contributed by atoms with Crippen molar-refractivity contribution in [2.75, 3.05) is 25.2 Å². The van der Waals surface area contributed by atoms with Crippen LogP contribution < -0.4 is 14.4 Å². The summed E-state index contributed by atoms with van der Waals surface area (Å²) in [7, 11) is 1.52. The van der Waals surface area contributed by atoms with Crippen molar-refractivity contribution in [3.63, 3.8) is 0 Å². The van der Waals surface area contributed by atoms with Crippen molar-refractivity contribution in [1.29, 1.82) is 5.26 Å². The lowest BCUT2D eigenvalue weighted by Crippen LogP contribution is -2.29. The zero-order chi connectivity index (χ0) is 19.2. The molecule has 0 radical (unpaired) electrons. The van der Waals surface area contributed by atoms with E-state index in [4.69, 9.17) is 14.7 Å². The van der Waals surface area contributed by atoms with E-state index in [0.717, 1.165) is 16.8 Å². The van der Waals surface area contributed by atoms with E-state index in [-0.39, 0.29) is 12.5 Å². The van der Waals surface area contributed by atoms with Crippen LogP contribution in [0.25, 0.3) is 0 Å². The summed E-state index contributed by atoms with van der Waals surface area (Å²) in [5.41, 5.74) is 2.68. The predicted octanol–water partition coefficient (Wildman–Crippen LogP) is 2.79. The molecule has 0 saturated carbocycles. The minimum atomic E-state index is -0.159. The zero-order valence-electron chi connectivity index (χ0n) is 15.0. The molecule has 0 spiro atoms. The third kappa shape index (κ3) is 3.65. The van der Waals surface area contributed by atoms with Gasteiger partial charge in [0.25, 0.3) is 5.91 Å². The number of amides is 1. The first kappa shape index (κ1) is 18.1. The first-order valence-electron chi connectivity index (χ1n) is 8.39. The van der Waals surface area contributed by atoms with E-state index in [0.29, 0.717) is 23.8 Å². The average Bonchev–Trinajstić information content (AvgIpc) is 2.97. The van der Waals surface area contributed by atoms with Gasteiger partial charge in [0.2, 0.25) is 0 Å². The number of likely N-dealkylation sites (N-methyl/N-ethyl adjacent to an activating group) is 1. The molecule has 136 valence electrons. The Morgan fingerprint density at radius 3 is 2.78 bits per heavy atom. The Morgan fingerprint density at radius 2 is 2.04 bits per heavy atom. The van der Waals surface area contributed by atoms with E-state index in [2.05, 4.69) is 10.2 Å². The van der Waals surface area contributed by atoms with E-state index in [1.54, 1.807) is 23.1 Å². The van der Waals surface area contributed by atoms with Crippen LogP contribution in [0.5, 0.6) is 11.5 Å². The first-order valence-corrected chi connectivity index (χ1v) is 8.39. The normalized spacial score (nSPS) is 14.5. The number of fused-ring (bicyclic) bond motifs is 1. The van der Waals surface area contributed by atoms with Gasteiger partial charge < -0.3 is 14.4 Å². The maximum absolute atomic E-state index is 12.5. The fraction of sp³-hybridized carbons (Fsp3) is 0.200. The lowest BCUT2D eigenvalue weighted by molar-refractivity contribution is -0.112. The number of methoxy groups -OCH3 is 1. The van der Waals surface area contributed by atoms with E-state index in [1.807, 2.05) is 37.3 Å². The number of ether oxygens (including phenoxy) is 2. The third-order valence-corrected chi connectivity index (χ3v) is 4.06. The summed E-state index contributed by atoms with van der Waals surface area (Å²) in [6.45, 7) is 2.43. The van der Waals surface area contributed by atoms with Crippen molar-refractivity contribution in [2.45, 2.75) is 6.92 Å². The Kier molecular flexibility index (Phi) is 5.47. The highest BCUT2D eigenvalue weighted by Crippen LogP contribution is 2.29. The Bertz CT molecular complexity index is 960. The smallest absolute Gasteiger partial charge is 0.279 e. The molecule has 2 aromatic carbocycles. The second-order valence-electron chi connectivity index (χ2n) is 5.62. The van der Waals surface area contributed by atoms with Crippen molar-refractivity contribution >= 4 is 23.5 Å². The Balaban J connectivity index is 1.85. The van der Waals surface area contributed by atoms with E-state index < -0.39 is 0 Å². The summed E-state index contributed by atoms with van der Waals surface area (Å²) in [6.07, 6.45) is 1.54. The monoisotopic (exact) mass is 362 g/mol. The molecule has 1 heterocycles. The summed E-state index contributed by atoms with van der Waals surface area (Å²) < 4.78 is 10.5. The standard InChI is InChI=1S/C20H18N4O3/c1-3-24-16-7-5-4-6-15(16)19(20(24)25)23-22-13-14-8-9-17(27-11-10-21)18(12-14)26-2/h4-9,12-13H,3,11H2,1-2H3/b22-13-,23-19+. The van der Waals surface area contributed by atoms with Crippen LogP contribution >= 0.6 is 0 Å². The summed E-state index contributed by atoms with van der Waals surface area (Å²) >= 11 is 0. The number of nitrogens with zero attached hydrogens (tertiary/aromatic N) is 4. The van der Waals surface area contributed by atoms with Gasteiger partial charge in [0.05, 0.1) is 19.0 Å². The minimum Gasteiger partial charge on any atom is -0.493 e. The first-order chi connectivity index (χ1) is 13.2. The zero-order valence-corrected chi connectivity index (χ0v) is 15.0. The summed E-state index contributed by atoms with van der Waals surface area (Å²) in [5.74, 6) is 0.802. The van der Waals surface area contributed by atoms with Gasteiger partial charge in [0.15, 0.2) is 23.8 Å². The van der Waals surface area contributed by atoms with Crippen LogP contribution in [0.4, 0.5) is 5.69 Å². The molecule has 0 aliphatic carbocycles. The molecule has 1 amide bonds. The molecular weight excluding hydrogens is 344 g/mol. The molecule has 0 fully saturated rings. The lowest BCUT2D eigenvalue weighted by Gasteiger charge is -2.12. The summed E-state index contributed by atoms with van der Waals surface area (Å²) in [5, 5.41) is 16.8. The van der Waals surface area contributed by atoms with Gasteiger partial charge in [-0.2, -0.15) is 10.4 Å². The lowest BCUT2D eigenvalue weighted by atomic mass is 10.1. The Hall–Kier alpha value is -3.66. The molecule has 0 bridgehead atoms. The van der Waals surface area contributed by atoms with Crippen molar-refractivity contribution < 1.29 is 14.3 Å². The van der Waals surface area contributed by atoms with Gasteiger partial charge in [-0.15, -0.1) is 5.10 Å². The summed E-state index contributed by atoms with van der Waals surface area (Å²) in [6, 6.07) is 14.6. The van der Waals surface area contributed by atoms with Crippen LogP contribution in [0, 0.1) is 11.3 Å². The van der Waals surface area contributed by atoms with Crippen LogP contribution in [0.3, 0.4) is 0 Å². The fourth-order valence-electron chi connectivity index (χ4n) is 2.82. The number of para-hydroxylation sites is 1. The highest BCUT2D eigenvalue weighted by atomic mass is 16.5. The molecule has 27 heavy (non-hydrogen) atoms. The van der Waals surface area contributed by atoms with Gasteiger partial charge in [-0.3, -0.25) is 4.79 Å². The predicted molar refractivity (Wildman–Crippen MR) is 103 cm³/mol. The van der Waals surface area contributed by atoms with Crippen molar-refractivity contribution in [3.8, 4) is 17.6 Å². The SMILES string of the molecule is CCN1C(=O)/C(=N/N=C\c2ccc(OCC#N)c(OC)c2)c2ccccc21. The van der Waals surface area contributed by atoms with Crippen molar-refractivity contribution in [2.24, 2.45) is 10.2 Å². The molecule has 0 N–H and O–H groups in total. The average molecular weight is 362 g/mol. The quantitative estimate of drug-likeness (QED) is 0.584. The number of nitriles is 1. The highest BCUT2D eigenvalue weighted by molar-refractivity contribution is 6.54. The Morgan fingerprint density at radius 1 is 1.22 bits per heavy atom. The second-order valence-corrected chi connectivity index (χ2v) is 5.62. The number of carbonyl (C=O) groups is 1. The molecule has 7 nitrogen and oxygen atoms in total. The molecule has 0 unspecified atom stereocenters. The van der Waals surface area contributed by atoms with Crippen molar-refractivity contribution in [3.05, 3.63) is 53.6 Å². The van der Waals surface area contributed by atoms with Crippen LogP contribution in [0.2, 0.25) is 0 Å². The molecule has 0 atom stereocenters. The topological polar surface area (TPSA) is 87.3 Å². The third-order valence-electron chi connectivity index (χ3n) is 4.06. The number of carbonyl (C=O) groups excluding carboxylic acids is 1. The second kappa shape index (κ2) is 8.15. The molecule has 0 saturated heterocycles. The van der Waals surface area contributed by atoms with Crippen molar-refractivity contribution in [1.82, 2.24) is 0 Å². The maximum atomic E-state index is 12.5. The van der Waals surface area contributed by atoms with Gasteiger partial charge in [-0.1, -0.05) is 18.2 Å². The molecule has 1 aliphatic rings.